The Balaban J connectivity index is 1.70. The largest absolute Gasteiger partial charge is 0.395 e. The van der Waals surface area contributed by atoms with Crippen molar-refractivity contribution in [3.8, 4) is 22.6 Å². The van der Waals surface area contributed by atoms with Gasteiger partial charge in [0.05, 0.1) is 46.2 Å². The van der Waals surface area contributed by atoms with Gasteiger partial charge in [-0.25, -0.2) is 33.1 Å². The van der Waals surface area contributed by atoms with Crippen LogP contribution >= 0.6 is 11.3 Å². The van der Waals surface area contributed by atoms with E-state index in [1.54, 1.807) is 12.1 Å². The lowest BCUT2D eigenvalue weighted by atomic mass is 10.1. The fourth-order valence-electron chi connectivity index (χ4n) is 3.83. The van der Waals surface area contributed by atoms with Crippen LogP contribution in [0.3, 0.4) is 0 Å². The summed E-state index contributed by atoms with van der Waals surface area (Å²) in [6.07, 6.45) is 3.06. The summed E-state index contributed by atoms with van der Waals surface area (Å²) >= 11 is 1.43. The van der Waals surface area contributed by atoms with Crippen molar-refractivity contribution in [1.82, 2.24) is 24.7 Å². The quantitative estimate of drug-likeness (QED) is 0.331. The number of hydrogen-bond acceptors (Lipinski definition) is 11. The van der Waals surface area contributed by atoms with Gasteiger partial charge in [-0.05, 0) is 29.6 Å². The van der Waals surface area contributed by atoms with E-state index in [4.69, 9.17) is 15.5 Å². The zero-order valence-electron chi connectivity index (χ0n) is 18.6. The highest BCUT2D eigenvalue weighted by Crippen LogP contribution is 2.37. The second-order valence-electron chi connectivity index (χ2n) is 7.76. The van der Waals surface area contributed by atoms with E-state index in [0.29, 0.717) is 54.5 Å². The third kappa shape index (κ3) is 4.81. The Kier molecular flexibility index (Phi) is 6.58. The summed E-state index contributed by atoms with van der Waals surface area (Å²) in [5.41, 5.74) is 8.53. The molecule has 0 radical (unpaired) electrons. The van der Waals surface area contributed by atoms with E-state index in [1.165, 1.54) is 23.7 Å². The minimum Gasteiger partial charge on any atom is -0.395 e. The van der Waals surface area contributed by atoms with Crippen LogP contribution < -0.4 is 15.4 Å². The summed E-state index contributed by atoms with van der Waals surface area (Å²) in [6, 6.07) is 7.16. The van der Waals surface area contributed by atoms with Crippen LogP contribution in [0.1, 0.15) is 0 Å². The first-order valence-corrected chi connectivity index (χ1v) is 13.2. The van der Waals surface area contributed by atoms with Gasteiger partial charge in [0.25, 0.3) is 0 Å². The molecule has 5 rings (SSSR count). The Morgan fingerprint density at radius 1 is 1.14 bits per heavy atom. The number of fused-ring (bicyclic) bond motifs is 1. The molecule has 4 aromatic rings. The maximum atomic E-state index is 13.3. The molecule has 182 valence electrons. The van der Waals surface area contributed by atoms with E-state index in [0.717, 1.165) is 10.4 Å². The van der Waals surface area contributed by atoms with Crippen molar-refractivity contribution in [2.24, 2.45) is 0 Å². The lowest BCUT2D eigenvalue weighted by Crippen LogP contribution is -2.36. The average molecular weight is 514 g/mol. The van der Waals surface area contributed by atoms with Gasteiger partial charge in [-0.3, -0.25) is 0 Å². The number of thiophene rings is 1. The number of anilines is 2. The van der Waals surface area contributed by atoms with Gasteiger partial charge >= 0.3 is 0 Å². The van der Waals surface area contributed by atoms with Crippen LogP contribution in [-0.2, 0) is 14.8 Å². The van der Waals surface area contributed by atoms with Crippen LogP contribution in [0.4, 0.5) is 11.6 Å². The van der Waals surface area contributed by atoms with Crippen LogP contribution in [0.15, 0.2) is 46.9 Å². The third-order valence-electron chi connectivity index (χ3n) is 5.52. The van der Waals surface area contributed by atoms with Crippen molar-refractivity contribution in [2.45, 2.75) is 4.90 Å². The fourth-order valence-corrected chi connectivity index (χ4v) is 5.91. The molecule has 0 saturated carbocycles. The molecule has 1 aliphatic rings. The van der Waals surface area contributed by atoms with Gasteiger partial charge in [-0.15, -0.1) is 11.3 Å². The molecule has 3 aromatic heterocycles. The highest BCUT2D eigenvalue weighted by molar-refractivity contribution is 7.89. The fraction of sp³-hybridized carbons (Fsp3) is 0.273. The van der Waals surface area contributed by atoms with E-state index in [2.05, 4.69) is 24.6 Å². The second-order valence-corrected chi connectivity index (χ2v) is 10.4. The van der Waals surface area contributed by atoms with Gasteiger partial charge in [0.15, 0.2) is 5.82 Å². The smallest absolute Gasteiger partial charge is 0.241 e. The van der Waals surface area contributed by atoms with Crippen molar-refractivity contribution in [3.05, 3.63) is 42.0 Å². The second kappa shape index (κ2) is 9.79. The Morgan fingerprint density at radius 3 is 2.66 bits per heavy atom. The molecule has 0 spiro atoms. The van der Waals surface area contributed by atoms with Gasteiger partial charge in [0.1, 0.15) is 0 Å². The van der Waals surface area contributed by atoms with Crippen LogP contribution in [0, 0.1) is 0 Å². The number of nitrogens with two attached hydrogens (primary N) is 1. The summed E-state index contributed by atoms with van der Waals surface area (Å²) in [6.45, 7) is 2.04. The SMILES string of the molecule is Nc1ncc(-c2nc(-c3ccc(N4CCOCC4)cc3S(=O)(=O)NCCO)c3sccc3n2)cn1. The van der Waals surface area contributed by atoms with Crippen LogP contribution in [-0.4, -0.2) is 72.9 Å². The number of ether oxygens (including phenoxy) is 1. The molecule has 1 aliphatic heterocycles. The number of morpholine rings is 1. The summed E-state index contributed by atoms with van der Waals surface area (Å²) in [5.74, 6) is 0.488. The van der Waals surface area contributed by atoms with Crippen LogP contribution in [0.2, 0.25) is 0 Å². The van der Waals surface area contributed by atoms with Crippen molar-refractivity contribution in [2.75, 3.05) is 50.1 Å². The van der Waals surface area contributed by atoms with E-state index >= 15 is 0 Å². The maximum absolute atomic E-state index is 13.3. The third-order valence-corrected chi connectivity index (χ3v) is 7.93. The molecule has 0 amide bonds. The van der Waals surface area contributed by atoms with Crippen molar-refractivity contribution >= 4 is 43.2 Å². The van der Waals surface area contributed by atoms with Gasteiger partial charge < -0.3 is 20.5 Å². The summed E-state index contributed by atoms with van der Waals surface area (Å²) in [7, 11) is -3.96. The number of nitrogens with one attached hydrogen (secondary N) is 1. The Bertz CT molecular complexity index is 1450. The van der Waals surface area contributed by atoms with E-state index in [-0.39, 0.29) is 24.0 Å². The van der Waals surface area contributed by atoms with Gasteiger partial charge in [0, 0.05) is 43.3 Å². The molecule has 0 unspecified atom stereocenters. The van der Waals surface area contributed by atoms with Gasteiger partial charge in [0.2, 0.25) is 16.0 Å². The zero-order valence-corrected chi connectivity index (χ0v) is 20.2. The Morgan fingerprint density at radius 2 is 1.91 bits per heavy atom. The number of sulfonamides is 1. The molecule has 1 saturated heterocycles. The molecule has 1 fully saturated rings. The molecule has 13 heteroatoms. The lowest BCUT2D eigenvalue weighted by molar-refractivity contribution is 0.122. The standard InChI is InChI=1S/C22H23N7O4S2/c23-22-24-12-14(13-25-22)21-27-17-3-10-34-20(17)19(28-21)16-2-1-15(29-5-8-33-9-6-29)11-18(16)35(31,32)26-4-7-30/h1-3,10-13,26,30H,4-9H2,(H2,23,24,25). The predicted molar refractivity (Wildman–Crippen MR) is 134 cm³/mol. The Labute approximate surface area is 205 Å². The number of rotatable bonds is 7. The van der Waals surface area contributed by atoms with E-state index < -0.39 is 10.0 Å². The van der Waals surface area contributed by atoms with Gasteiger partial charge in [-0.1, -0.05) is 0 Å². The number of aliphatic hydroxyl groups is 1. The topological polar surface area (TPSA) is 156 Å². The molecule has 1 aromatic carbocycles. The van der Waals surface area contributed by atoms with E-state index in [1.807, 2.05) is 17.5 Å². The van der Waals surface area contributed by atoms with Crippen LogP contribution in [0.5, 0.6) is 0 Å². The molecule has 0 bridgehead atoms. The molecule has 0 atom stereocenters. The molecular weight excluding hydrogens is 490 g/mol. The molecule has 11 nitrogen and oxygen atoms in total. The highest BCUT2D eigenvalue weighted by atomic mass is 32.2. The number of benzene rings is 1. The summed E-state index contributed by atoms with van der Waals surface area (Å²) < 4.78 is 35.3. The van der Waals surface area contributed by atoms with Gasteiger partial charge in [-0.2, -0.15) is 0 Å². The van der Waals surface area contributed by atoms with Crippen molar-refractivity contribution in [3.63, 3.8) is 0 Å². The number of aromatic nitrogens is 4. The normalized spacial score (nSPS) is 14.5. The molecule has 4 heterocycles. The minimum atomic E-state index is -3.96. The molecule has 35 heavy (non-hydrogen) atoms. The first kappa shape index (κ1) is 23.5. The van der Waals surface area contributed by atoms with Crippen LogP contribution in [0.25, 0.3) is 32.9 Å². The first-order valence-electron chi connectivity index (χ1n) is 10.9. The Hall–Kier alpha value is -3.23. The zero-order chi connectivity index (χ0) is 24.4. The number of nitrogen functional groups attached to an aromatic ring is 1. The highest BCUT2D eigenvalue weighted by Gasteiger charge is 2.25. The molecule has 0 aliphatic carbocycles. The number of aliphatic hydroxyl groups excluding tert-OH is 1. The monoisotopic (exact) mass is 513 g/mol. The number of nitrogens with zero attached hydrogens (tertiary/aromatic N) is 5. The van der Waals surface area contributed by atoms with E-state index in [9.17, 15) is 13.5 Å². The lowest BCUT2D eigenvalue weighted by Gasteiger charge is -2.29. The first-order chi connectivity index (χ1) is 17.0. The molecular formula is C22H23N7O4S2. The maximum Gasteiger partial charge on any atom is 0.241 e. The molecule has 4 N–H and O–H groups in total. The summed E-state index contributed by atoms with van der Waals surface area (Å²) in [4.78, 5) is 19.6. The summed E-state index contributed by atoms with van der Waals surface area (Å²) in [5, 5.41) is 11.1. The van der Waals surface area contributed by atoms with Crippen molar-refractivity contribution < 1.29 is 18.3 Å². The minimum absolute atomic E-state index is 0.0721. The predicted octanol–water partition coefficient (Wildman–Crippen LogP) is 1.50. The average Bonchev–Trinajstić information content (AvgIpc) is 3.36. The van der Waals surface area contributed by atoms with Crippen molar-refractivity contribution in [1.29, 1.82) is 0 Å². The number of hydrogen-bond donors (Lipinski definition) is 3.